The molecule has 0 unspecified atom stereocenters. The summed E-state index contributed by atoms with van der Waals surface area (Å²) < 4.78 is 1.01. The first-order chi connectivity index (χ1) is 10.5. The summed E-state index contributed by atoms with van der Waals surface area (Å²) in [4.78, 5) is 20.6. The van der Waals surface area contributed by atoms with Gasteiger partial charge in [-0.05, 0) is 44.0 Å². The number of rotatable bonds is 5. The second-order valence-corrected chi connectivity index (χ2v) is 5.92. The standard InChI is InChI=1S/C16H19BrN4O/c1-4-7-18-15(22)14-8-11(3)19-16(21-14)20-12-6-5-10(2)13(17)9-12/h5-6,8-9H,4,7H2,1-3H3,(H,18,22)(H,19,20,21). The van der Waals surface area contributed by atoms with E-state index in [1.807, 2.05) is 39.0 Å². The highest BCUT2D eigenvalue weighted by molar-refractivity contribution is 9.10. The van der Waals surface area contributed by atoms with Gasteiger partial charge in [0, 0.05) is 22.4 Å². The Kier molecular flexibility index (Phi) is 5.49. The van der Waals surface area contributed by atoms with E-state index in [4.69, 9.17) is 0 Å². The van der Waals surface area contributed by atoms with Gasteiger partial charge in [-0.1, -0.05) is 28.9 Å². The van der Waals surface area contributed by atoms with Gasteiger partial charge < -0.3 is 10.6 Å². The molecule has 0 aliphatic carbocycles. The number of benzene rings is 1. The minimum Gasteiger partial charge on any atom is -0.351 e. The Morgan fingerprint density at radius 2 is 2.00 bits per heavy atom. The molecule has 1 aromatic heterocycles. The summed E-state index contributed by atoms with van der Waals surface area (Å²) in [6.45, 7) is 6.50. The van der Waals surface area contributed by atoms with Crippen molar-refractivity contribution in [3.8, 4) is 0 Å². The van der Waals surface area contributed by atoms with Crippen LogP contribution in [0.15, 0.2) is 28.7 Å². The molecule has 0 fully saturated rings. The molecule has 1 amide bonds. The second-order valence-electron chi connectivity index (χ2n) is 5.06. The molecule has 0 aliphatic rings. The van der Waals surface area contributed by atoms with Gasteiger partial charge in [0.05, 0.1) is 0 Å². The molecule has 5 nitrogen and oxygen atoms in total. The van der Waals surface area contributed by atoms with Crippen molar-refractivity contribution in [2.75, 3.05) is 11.9 Å². The zero-order chi connectivity index (χ0) is 16.1. The molecule has 6 heteroatoms. The van der Waals surface area contributed by atoms with E-state index in [9.17, 15) is 4.79 Å². The van der Waals surface area contributed by atoms with Gasteiger partial charge in [0.2, 0.25) is 5.95 Å². The molecular weight excluding hydrogens is 344 g/mol. The Hall–Kier alpha value is -1.95. The Balaban J connectivity index is 2.22. The van der Waals surface area contributed by atoms with Crippen LogP contribution in [0.25, 0.3) is 0 Å². The van der Waals surface area contributed by atoms with Crippen LogP contribution in [0.2, 0.25) is 0 Å². The average molecular weight is 363 g/mol. The summed E-state index contributed by atoms with van der Waals surface area (Å²) in [6, 6.07) is 7.58. The number of hydrogen-bond donors (Lipinski definition) is 2. The van der Waals surface area contributed by atoms with Crippen molar-refractivity contribution in [3.05, 3.63) is 45.7 Å². The van der Waals surface area contributed by atoms with Crippen LogP contribution >= 0.6 is 15.9 Å². The molecule has 22 heavy (non-hydrogen) atoms. The van der Waals surface area contributed by atoms with Crippen molar-refractivity contribution in [1.29, 1.82) is 0 Å². The Bertz CT molecular complexity index is 688. The summed E-state index contributed by atoms with van der Waals surface area (Å²) in [5.41, 5.74) is 3.12. The fourth-order valence-corrected chi connectivity index (χ4v) is 2.25. The molecule has 0 aliphatic heterocycles. The van der Waals surface area contributed by atoms with Gasteiger partial charge in [-0.15, -0.1) is 0 Å². The van der Waals surface area contributed by atoms with Gasteiger partial charge in [-0.25, -0.2) is 9.97 Å². The maximum Gasteiger partial charge on any atom is 0.270 e. The lowest BCUT2D eigenvalue weighted by Gasteiger charge is -2.09. The quantitative estimate of drug-likeness (QED) is 0.849. The van der Waals surface area contributed by atoms with Crippen LogP contribution in [0.4, 0.5) is 11.6 Å². The molecule has 1 heterocycles. The van der Waals surface area contributed by atoms with E-state index >= 15 is 0 Å². The topological polar surface area (TPSA) is 66.9 Å². The average Bonchev–Trinajstić information content (AvgIpc) is 2.48. The molecular formula is C16H19BrN4O. The molecule has 116 valence electrons. The molecule has 2 N–H and O–H groups in total. The summed E-state index contributed by atoms with van der Waals surface area (Å²) in [6.07, 6.45) is 0.887. The first-order valence-corrected chi connectivity index (χ1v) is 7.96. The normalized spacial score (nSPS) is 10.4. The van der Waals surface area contributed by atoms with Crippen LogP contribution in [-0.4, -0.2) is 22.4 Å². The van der Waals surface area contributed by atoms with E-state index in [-0.39, 0.29) is 5.91 Å². The van der Waals surface area contributed by atoms with Crippen molar-refractivity contribution in [2.24, 2.45) is 0 Å². The number of aryl methyl sites for hydroxylation is 2. The van der Waals surface area contributed by atoms with Gasteiger partial charge in [0.1, 0.15) is 5.69 Å². The minimum absolute atomic E-state index is 0.180. The number of hydrogen-bond acceptors (Lipinski definition) is 4. The third kappa shape index (κ3) is 4.27. The number of amides is 1. The zero-order valence-corrected chi connectivity index (χ0v) is 14.5. The lowest BCUT2D eigenvalue weighted by Crippen LogP contribution is -2.25. The molecule has 1 aromatic carbocycles. The number of anilines is 2. The summed E-state index contributed by atoms with van der Waals surface area (Å²) in [7, 11) is 0. The van der Waals surface area contributed by atoms with Crippen LogP contribution in [-0.2, 0) is 0 Å². The molecule has 2 aromatic rings. The highest BCUT2D eigenvalue weighted by atomic mass is 79.9. The van der Waals surface area contributed by atoms with Crippen molar-refractivity contribution in [2.45, 2.75) is 27.2 Å². The number of carbonyl (C=O) groups is 1. The SMILES string of the molecule is CCCNC(=O)c1cc(C)nc(Nc2ccc(C)c(Br)c2)n1. The molecule has 0 radical (unpaired) electrons. The summed E-state index contributed by atoms with van der Waals surface area (Å²) in [5.74, 6) is 0.234. The van der Waals surface area contributed by atoms with Gasteiger partial charge in [-0.2, -0.15) is 0 Å². The van der Waals surface area contributed by atoms with E-state index < -0.39 is 0 Å². The van der Waals surface area contributed by atoms with Crippen LogP contribution in [0.1, 0.15) is 35.1 Å². The van der Waals surface area contributed by atoms with E-state index in [0.717, 1.165) is 27.8 Å². The molecule has 0 saturated carbocycles. The maximum absolute atomic E-state index is 12.0. The minimum atomic E-state index is -0.180. The Morgan fingerprint density at radius 3 is 2.68 bits per heavy atom. The van der Waals surface area contributed by atoms with Crippen molar-refractivity contribution in [3.63, 3.8) is 0 Å². The van der Waals surface area contributed by atoms with Crippen LogP contribution in [0.5, 0.6) is 0 Å². The Labute approximate surface area is 138 Å². The first-order valence-electron chi connectivity index (χ1n) is 7.16. The van der Waals surface area contributed by atoms with Crippen molar-refractivity contribution in [1.82, 2.24) is 15.3 Å². The number of halogens is 1. The third-order valence-electron chi connectivity index (χ3n) is 3.05. The lowest BCUT2D eigenvalue weighted by molar-refractivity contribution is 0.0948. The van der Waals surface area contributed by atoms with Gasteiger partial charge in [0.15, 0.2) is 0 Å². The third-order valence-corrected chi connectivity index (χ3v) is 3.90. The number of nitrogens with zero attached hydrogens (tertiary/aromatic N) is 2. The number of aromatic nitrogens is 2. The fraction of sp³-hybridized carbons (Fsp3) is 0.312. The number of carbonyl (C=O) groups excluding carboxylic acids is 1. The largest absolute Gasteiger partial charge is 0.351 e. The predicted octanol–water partition coefficient (Wildman–Crippen LogP) is 3.74. The van der Waals surface area contributed by atoms with Crippen LogP contribution in [0, 0.1) is 13.8 Å². The first kappa shape index (κ1) is 16.4. The molecule has 0 bridgehead atoms. The zero-order valence-electron chi connectivity index (χ0n) is 12.9. The highest BCUT2D eigenvalue weighted by Gasteiger charge is 2.10. The van der Waals surface area contributed by atoms with Crippen LogP contribution < -0.4 is 10.6 Å². The highest BCUT2D eigenvalue weighted by Crippen LogP contribution is 2.22. The van der Waals surface area contributed by atoms with Gasteiger partial charge >= 0.3 is 0 Å². The molecule has 0 saturated heterocycles. The Morgan fingerprint density at radius 1 is 1.23 bits per heavy atom. The maximum atomic E-state index is 12.0. The monoisotopic (exact) mass is 362 g/mol. The molecule has 0 atom stereocenters. The van der Waals surface area contributed by atoms with E-state index in [2.05, 4.69) is 36.5 Å². The fourth-order valence-electron chi connectivity index (χ4n) is 1.87. The van der Waals surface area contributed by atoms with E-state index in [1.54, 1.807) is 6.07 Å². The van der Waals surface area contributed by atoms with Crippen molar-refractivity contribution >= 4 is 33.5 Å². The predicted molar refractivity (Wildman–Crippen MR) is 91.6 cm³/mol. The second kappa shape index (κ2) is 7.35. The van der Waals surface area contributed by atoms with E-state index in [0.29, 0.717) is 18.2 Å². The number of nitrogens with one attached hydrogen (secondary N) is 2. The van der Waals surface area contributed by atoms with Crippen molar-refractivity contribution < 1.29 is 4.79 Å². The van der Waals surface area contributed by atoms with Crippen LogP contribution in [0.3, 0.4) is 0 Å². The van der Waals surface area contributed by atoms with Gasteiger partial charge in [0.25, 0.3) is 5.91 Å². The smallest absolute Gasteiger partial charge is 0.270 e. The van der Waals surface area contributed by atoms with Gasteiger partial charge in [-0.3, -0.25) is 4.79 Å². The van der Waals surface area contributed by atoms with E-state index in [1.165, 1.54) is 0 Å². The molecule has 2 rings (SSSR count). The lowest BCUT2D eigenvalue weighted by atomic mass is 10.2. The summed E-state index contributed by atoms with van der Waals surface area (Å²) in [5, 5.41) is 5.95. The molecule has 0 spiro atoms. The summed E-state index contributed by atoms with van der Waals surface area (Å²) >= 11 is 3.50.